The molecule has 3 saturated carbocycles. The van der Waals surface area contributed by atoms with E-state index in [1.54, 1.807) is 0 Å². The molecule has 3 heteroatoms. The van der Waals surface area contributed by atoms with Gasteiger partial charge in [-0.25, -0.2) is 4.79 Å². The first-order chi connectivity index (χ1) is 17.6. The lowest BCUT2D eigenvalue weighted by molar-refractivity contribution is -0.0978. The molecule has 0 bridgehead atoms. The van der Waals surface area contributed by atoms with E-state index in [9.17, 15) is 9.90 Å². The molecule has 3 nitrogen and oxygen atoms in total. The zero-order valence-corrected chi connectivity index (χ0v) is 23.9. The van der Waals surface area contributed by atoms with Gasteiger partial charge in [-0.05, 0) is 97.0 Å². The minimum atomic E-state index is -0.365. The number of carbonyl (C=O) groups excluding carboxylic acids is 1. The number of hydrogen-bond donors (Lipinski definition) is 1. The van der Waals surface area contributed by atoms with Crippen LogP contribution in [0.5, 0.6) is 0 Å². The van der Waals surface area contributed by atoms with Gasteiger partial charge in [-0.1, -0.05) is 83.7 Å². The van der Waals surface area contributed by atoms with Crippen molar-refractivity contribution in [3.8, 4) is 0 Å². The number of esters is 1. The second kappa shape index (κ2) is 10.5. The minimum Gasteiger partial charge on any atom is -0.458 e. The van der Waals surface area contributed by atoms with Crippen LogP contribution in [0.2, 0.25) is 0 Å². The van der Waals surface area contributed by atoms with Crippen LogP contribution in [0.4, 0.5) is 0 Å². The minimum absolute atomic E-state index is 0.0906. The third kappa shape index (κ3) is 4.95. The Morgan fingerprint density at radius 1 is 1.00 bits per heavy atom. The molecule has 1 aromatic carbocycles. The number of ether oxygens (including phenoxy) is 1. The molecule has 0 saturated heterocycles. The first-order valence-electron chi connectivity index (χ1n) is 15.3. The number of fused-ring (bicyclic) bond motifs is 5. The van der Waals surface area contributed by atoms with Gasteiger partial charge in [-0.15, -0.1) is 0 Å². The summed E-state index contributed by atoms with van der Waals surface area (Å²) in [4.78, 5) is 12.7. The summed E-state index contributed by atoms with van der Waals surface area (Å²) in [5.74, 6) is 3.70. The molecule has 0 heterocycles. The van der Waals surface area contributed by atoms with E-state index in [2.05, 4.69) is 40.7 Å². The molecule has 9 atom stereocenters. The maximum absolute atomic E-state index is 12.7. The number of aliphatic hydroxyl groups is 1. The molecule has 0 radical (unpaired) electrons. The van der Waals surface area contributed by atoms with Crippen molar-refractivity contribution in [1.29, 1.82) is 0 Å². The van der Waals surface area contributed by atoms with E-state index in [1.807, 2.05) is 30.3 Å². The van der Waals surface area contributed by atoms with Gasteiger partial charge < -0.3 is 9.84 Å². The van der Waals surface area contributed by atoms with Crippen LogP contribution in [0, 0.1) is 46.3 Å². The standard InChI is InChI=1S/C34H50O3/c1-22(2)10-9-11-23(3)27-14-15-28-31-29(17-19-34(27,28)5)33(4)18-16-26(20-25(33)21-30(31)35)37-32(36)24-12-7-6-8-13-24/h6-8,12-13,21-23,26-31,35H,9-11,14-20H2,1-5H3/t23-,26-,27+,28-,29-,30-,31-,33-,34+/m0/s1. The summed E-state index contributed by atoms with van der Waals surface area (Å²) in [5, 5.41) is 11.6. The Bertz CT molecular complexity index is 982. The molecule has 0 spiro atoms. The van der Waals surface area contributed by atoms with Crippen LogP contribution in [-0.4, -0.2) is 23.3 Å². The lowest BCUT2D eigenvalue weighted by Gasteiger charge is -2.59. The van der Waals surface area contributed by atoms with Gasteiger partial charge in [0.05, 0.1) is 11.7 Å². The topological polar surface area (TPSA) is 46.5 Å². The van der Waals surface area contributed by atoms with Crippen molar-refractivity contribution in [3.05, 3.63) is 47.5 Å². The molecule has 4 aliphatic rings. The summed E-state index contributed by atoms with van der Waals surface area (Å²) in [5.41, 5.74) is 2.46. The highest BCUT2D eigenvalue weighted by molar-refractivity contribution is 5.89. The SMILES string of the molecule is CC(C)CCC[C@H](C)[C@H]1CC[C@H]2[C@@H]3[C@@H](O)C=C4C[C@@H](OC(=O)c5ccccc5)CC[C@]4(C)[C@H]3CC[C@]12C. The molecule has 37 heavy (non-hydrogen) atoms. The van der Waals surface area contributed by atoms with Crippen LogP contribution in [0.25, 0.3) is 0 Å². The molecule has 0 aromatic heterocycles. The van der Waals surface area contributed by atoms with E-state index in [-0.39, 0.29) is 23.6 Å². The highest BCUT2D eigenvalue weighted by atomic mass is 16.5. The second-order valence-corrected chi connectivity index (χ2v) is 14.1. The molecule has 3 fully saturated rings. The fourth-order valence-electron chi connectivity index (χ4n) is 9.53. The van der Waals surface area contributed by atoms with Crippen molar-refractivity contribution in [2.24, 2.45) is 46.3 Å². The van der Waals surface area contributed by atoms with Gasteiger partial charge >= 0.3 is 5.97 Å². The predicted octanol–water partition coefficient (Wildman–Crippen LogP) is 8.22. The molecule has 1 N–H and O–H groups in total. The van der Waals surface area contributed by atoms with Gasteiger partial charge in [-0.3, -0.25) is 0 Å². The summed E-state index contributed by atoms with van der Waals surface area (Å²) in [6.45, 7) is 12.2. The summed E-state index contributed by atoms with van der Waals surface area (Å²) >= 11 is 0. The number of hydrogen-bond acceptors (Lipinski definition) is 3. The fourth-order valence-corrected chi connectivity index (χ4v) is 9.53. The zero-order valence-electron chi connectivity index (χ0n) is 23.9. The first kappa shape index (κ1) is 27.0. The van der Waals surface area contributed by atoms with E-state index < -0.39 is 0 Å². The normalized spacial score (nSPS) is 39.8. The molecule has 0 unspecified atom stereocenters. The van der Waals surface area contributed by atoms with Gasteiger partial charge in [0.15, 0.2) is 0 Å². The Labute approximate surface area is 225 Å². The van der Waals surface area contributed by atoms with E-state index >= 15 is 0 Å². The van der Waals surface area contributed by atoms with Gasteiger partial charge in [0, 0.05) is 6.42 Å². The predicted molar refractivity (Wildman–Crippen MR) is 150 cm³/mol. The largest absolute Gasteiger partial charge is 0.458 e. The van der Waals surface area contributed by atoms with Crippen LogP contribution in [0.3, 0.4) is 0 Å². The Kier molecular flexibility index (Phi) is 7.66. The Morgan fingerprint density at radius 3 is 2.49 bits per heavy atom. The molecular formula is C34H50O3. The van der Waals surface area contributed by atoms with Gasteiger partial charge in [0.1, 0.15) is 6.10 Å². The van der Waals surface area contributed by atoms with E-state index in [1.165, 1.54) is 50.5 Å². The molecular weight excluding hydrogens is 456 g/mol. The quantitative estimate of drug-likeness (QED) is 0.299. The Morgan fingerprint density at radius 2 is 1.76 bits per heavy atom. The number of rotatable bonds is 7. The maximum Gasteiger partial charge on any atom is 0.338 e. The molecule has 5 rings (SSSR count). The van der Waals surface area contributed by atoms with Crippen molar-refractivity contribution in [1.82, 2.24) is 0 Å². The van der Waals surface area contributed by atoms with Crippen LogP contribution >= 0.6 is 0 Å². The van der Waals surface area contributed by atoms with Crippen molar-refractivity contribution < 1.29 is 14.6 Å². The third-order valence-corrected chi connectivity index (χ3v) is 11.6. The van der Waals surface area contributed by atoms with Crippen LogP contribution < -0.4 is 0 Å². The monoisotopic (exact) mass is 506 g/mol. The third-order valence-electron chi connectivity index (χ3n) is 11.6. The molecule has 0 aliphatic heterocycles. The molecule has 1 aromatic rings. The lowest BCUT2D eigenvalue weighted by Crippen LogP contribution is -2.55. The highest BCUT2D eigenvalue weighted by Gasteiger charge is 2.61. The van der Waals surface area contributed by atoms with E-state index in [4.69, 9.17) is 4.74 Å². The Balaban J connectivity index is 1.29. The Hall–Kier alpha value is -1.61. The summed E-state index contributed by atoms with van der Waals surface area (Å²) in [7, 11) is 0. The average molecular weight is 507 g/mol. The second-order valence-electron chi connectivity index (χ2n) is 14.1. The maximum atomic E-state index is 12.7. The molecule has 4 aliphatic carbocycles. The smallest absolute Gasteiger partial charge is 0.338 e. The average Bonchev–Trinajstić information content (AvgIpc) is 3.22. The van der Waals surface area contributed by atoms with Crippen LogP contribution in [0.15, 0.2) is 42.0 Å². The van der Waals surface area contributed by atoms with Crippen molar-refractivity contribution in [3.63, 3.8) is 0 Å². The van der Waals surface area contributed by atoms with Gasteiger partial charge in [0.25, 0.3) is 0 Å². The van der Waals surface area contributed by atoms with Gasteiger partial charge in [0.2, 0.25) is 0 Å². The lowest BCUT2D eigenvalue weighted by atomic mass is 9.46. The molecule has 204 valence electrons. The fraction of sp³-hybridized carbons (Fsp3) is 0.735. The highest BCUT2D eigenvalue weighted by Crippen LogP contribution is 2.67. The number of aliphatic hydroxyl groups excluding tert-OH is 1. The summed E-state index contributed by atoms with van der Waals surface area (Å²) in [6.07, 6.45) is 13.7. The summed E-state index contributed by atoms with van der Waals surface area (Å²) < 4.78 is 5.95. The zero-order chi connectivity index (χ0) is 26.4. The van der Waals surface area contributed by atoms with Crippen LogP contribution in [0.1, 0.15) is 109 Å². The van der Waals surface area contributed by atoms with Crippen molar-refractivity contribution in [2.45, 2.75) is 111 Å². The van der Waals surface area contributed by atoms with Crippen molar-refractivity contribution >= 4 is 5.97 Å². The number of carbonyl (C=O) groups is 1. The van der Waals surface area contributed by atoms with Crippen LogP contribution in [-0.2, 0) is 4.74 Å². The van der Waals surface area contributed by atoms with Gasteiger partial charge in [-0.2, -0.15) is 0 Å². The first-order valence-corrected chi connectivity index (χ1v) is 15.3. The van der Waals surface area contributed by atoms with E-state index in [0.717, 1.165) is 37.0 Å². The molecule has 0 amide bonds. The van der Waals surface area contributed by atoms with Crippen molar-refractivity contribution in [2.75, 3.05) is 0 Å². The van der Waals surface area contributed by atoms with E-state index in [0.29, 0.717) is 28.7 Å². The number of benzene rings is 1. The summed E-state index contributed by atoms with van der Waals surface area (Å²) in [6, 6.07) is 9.32.